The highest BCUT2D eigenvalue weighted by atomic mass is 16.6. The molecule has 0 unspecified atom stereocenters. The summed E-state index contributed by atoms with van der Waals surface area (Å²) in [5, 5.41) is 2.74. The zero-order valence-electron chi connectivity index (χ0n) is 6.46. The minimum absolute atomic E-state index is 0.241. The summed E-state index contributed by atoms with van der Waals surface area (Å²) in [6.07, 6.45) is 5.93. The van der Waals surface area contributed by atoms with E-state index in [1.807, 2.05) is 0 Å². The van der Waals surface area contributed by atoms with E-state index in [2.05, 4.69) is 27.8 Å². The predicted octanol–water partition coefficient (Wildman–Crippen LogP) is 0.566. The molecule has 0 aromatic rings. The highest BCUT2D eigenvalue weighted by molar-refractivity contribution is 5.73. The predicted molar refractivity (Wildman–Crippen MR) is 40.8 cm³/mol. The van der Waals surface area contributed by atoms with Crippen molar-refractivity contribution in [3.63, 3.8) is 0 Å². The molecule has 0 atom stereocenters. The van der Waals surface area contributed by atoms with E-state index in [0.717, 1.165) is 12.8 Å². The van der Waals surface area contributed by atoms with E-state index >= 15 is 0 Å². The van der Waals surface area contributed by atoms with Crippen LogP contribution in [0, 0.1) is 0 Å². The van der Waals surface area contributed by atoms with E-state index in [1.54, 1.807) is 0 Å². The normalized spacial score (nSPS) is 16.8. The first-order valence-corrected chi connectivity index (χ1v) is 3.57. The van der Waals surface area contributed by atoms with E-state index in [-0.39, 0.29) is 12.1 Å². The fraction of sp³-hybridized carbons (Fsp3) is 0.571. The van der Waals surface area contributed by atoms with Gasteiger partial charge in [0.1, 0.15) is 0 Å². The van der Waals surface area contributed by atoms with Gasteiger partial charge in [-0.05, 0) is 12.8 Å². The Balaban J connectivity index is 2.15. The number of urea groups is 1. The van der Waals surface area contributed by atoms with Gasteiger partial charge in [-0.3, -0.25) is 4.84 Å². The highest BCUT2D eigenvalue weighted by Crippen LogP contribution is 2.08. The summed E-state index contributed by atoms with van der Waals surface area (Å²) >= 11 is 0. The Morgan fingerprint density at radius 2 is 2.18 bits per heavy atom. The van der Waals surface area contributed by atoms with Gasteiger partial charge in [0, 0.05) is 6.04 Å². The maximum Gasteiger partial charge on any atom is 0.338 e. The molecule has 0 saturated carbocycles. The molecule has 11 heavy (non-hydrogen) atoms. The third-order valence-corrected chi connectivity index (χ3v) is 1.54. The number of hydrogen-bond acceptors (Lipinski definition) is 2. The van der Waals surface area contributed by atoms with Gasteiger partial charge >= 0.3 is 6.03 Å². The number of hydrogen-bond donors (Lipinski definition) is 2. The molecule has 0 heterocycles. The molecule has 0 fully saturated rings. The second-order valence-electron chi connectivity index (χ2n) is 2.42. The van der Waals surface area contributed by atoms with Crippen LogP contribution in [0.25, 0.3) is 0 Å². The Morgan fingerprint density at radius 1 is 1.55 bits per heavy atom. The zero-order valence-corrected chi connectivity index (χ0v) is 6.46. The standard InChI is InChI=1S/C7H12N2O2/c1-11-9-7(10)8-6-4-2-3-5-6/h2-3,6H,4-5H2,1H3,(H2,8,9,10). The van der Waals surface area contributed by atoms with Gasteiger partial charge in [0.15, 0.2) is 0 Å². The number of rotatable bonds is 2. The summed E-state index contributed by atoms with van der Waals surface area (Å²) in [7, 11) is 1.41. The largest absolute Gasteiger partial charge is 0.338 e. The van der Waals surface area contributed by atoms with Crippen molar-refractivity contribution in [2.45, 2.75) is 18.9 Å². The Labute approximate surface area is 65.6 Å². The van der Waals surface area contributed by atoms with E-state index in [1.165, 1.54) is 7.11 Å². The van der Waals surface area contributed by atoms with Crippen LogP contribution < -0.4 is 10.8 Å². The van der Waals surface area contributed by atoms with Crippen LogP contribution in [0.4, 0.5) is 4.79 Å². The van der Waals surface area contributed by atoms with Crippen LogP contribution in [0.1, 0.15) is 12.8 Å². The smallest absolute Gasteiger partial charge is 0.333 e. The highest BCUT2D eigenvalue weighted by Gasteiger charge is 2.11. The second kappa shape index (κ2) is 3.98. The molecular weight excluding hydrogens is 144 g/mol. The molecular formula is C7H12N2O2. The van der Waals surface area contributed by atoms with Crippen molar-refractivity contribution in [3.8, 4) is 0 Å². The van der Waals surface area contributed by atoms with Crippen LogP contribution in [0.2, 0.25) is 0 Å². The molecule has 1 rings (SSSR count). The summed E-state index contributed by atoms with van der Waals surface area (Å²) in [6.45, 7) is 0. The third kappa shape index (κ3) is 2.59. The molecule has 0 bridgehead atoms. The van der Waals surface area contributed by atoms with E-state index in [0.29, 0.717) is 0 Å². The molecule has 0 aliphatic heterocycles. The molecule has 0 aromatic heterocycles. The van der Waals surface area contributed by atoms with Crippen LogP contribution in [0.5, 0.6) is 0 Å². The SMILES string of the molecule is CONC(=O)NC1CC=CC1. The molecule has 4 heteroatoms. The number of carbonyl (C=O) groups excluding carboxylic acids is 1. The maximum atomic E-state index is 10.8. The van der Waals surface area contributed by atoms with Crippen LogP contribution >= 0.6 is 0 Å². The molecule has 2 amide bonds. The van der Waals surface area contributed by atoms with Gasteiger partial charge in [0.2, 0.25) is 0 Å². The average Bonchev–Trinajstić information content (AvgIpc) is 2.40. The van der Waals surface area contributed by atoms with Gasteiger partial charge in [-0.15, -0.1) is 0 Å². The van der Waals surface area contributed by atoms with Gasteiger partial charge in [0.25, 0.3) is 0 Å². The maximum absolute atomic E-state index is 10.8. The van der Waals surface area contributed by atoms with E-state index in [4.69, 9.17) is 0 Å². The number of nitrogens with one attached hydrogen (secondary N) is 2. The molecule has 62 valence electrons. The summed E-state index contributed by atoms with van der Waals surface area (Å²) < 4.78 is 0. The minimum Gasteiger partial charge on any atom is -0.333 e. The van der Waals surface area contributed by atoms with Crippen molar-refractivity contribution in [3.05, 3.63) is 12.2 Å². The lowest BCUT2D eigenvalue weighted by molar-refractivity contribution is 0.106. The molecule has 0 radical (unpaired) electrons. The lowest BCUT2D eigenvalue weighted by Crippen LogP contribution is -2.40. The van der Waals surface area contributed by atoms with Crippen LogP contribution in [0.15, 0.2) is 12.2 Å². The number of amides is 2. The molecule has 1 aliphatic carbocycles. The molecule has 4 nitrogen and oxygen atoms in total. The van der Waals surface area contributed by atoms with Crippen molar-refractivity contribution >= 4 is 6.03 Å². The summed E-state index contributed by atoms with van der Waals surface area (Å²) in [6, 6.07) is -0.0358. The fourth-order valence-corrected chi connectivity index (χ4v) is 1.04. The average molecular weight is 156 g/mol. The van der Waals surface area contributed by atoms with E-state index < -0.39 is 0 Å². The zero-order chi connectivity index (χ0) is 8.10. The Bertz CT molecular complexity index is 160. The topological polar surface area (TPSA) is 50.4 Å². The summed E-state index contributed by atoms with van der Waals surface area (Å²) in [5.41, 5.74) is 2.19. The summed E-state index contributed by atoms with van der Waals surface area (Å²) in [5.74, 6) is 0. The molecule has 0 saturated heterocycles. The third-order valence-electron chi connectivity index (χ3n) is 1.54. The Hall–Kier alpha value is -1.03. The monoisotopic (exact) mass is 156 g/mol. The number of carbonyl (C=O) groups is 1. The fourth-order valence-electron chi connectivity index (χ4n) is 1.04. The first kappa shape index (κ1) is 8.07. The summed E-state index contributed by atoms with van der Waals surface area (Å²) in [4.78, 5) is 15.3. The van der Waals surface area contributed by atoms with Gasteiger partial charge in [0.05, 0.1) is 7.11 Å². The quantitative estimate of drug-likeness (QED) is 0.453. The minimum atomic E-state index is -0.277. The second-order valence-corrected chi connectivity index (χ2v) is 2.42. The van der Waals surface area contributed by atoms with Crippen molar-refractivity contribution in [1.82, 2.24) is 10.8 Å². The van der Waals surface area contributed by atoms with Crippen molar-refractivity contribution in [2.75, 3.05) is 7.11 Å². The van der Waals surface area contributed by atoms with Gasteiger partial charge in [-0.1, -0.05) is 12.2 Å². The van der Waals surface area contributed by atoms with Gasteiger partial charge in [-0.25, -0.2) is 10.3 Å². The molecule has 1 aliphatic rings. The van der Waals surface area contributed by atoms with Crippen molar-refractivity contribution < 1.29 is 9.63 Å². The Kier molecular flexibility index (Phi) is 2.92. The molecule has 0 spiro atoms. The van der Waals surface area contributed by atoms with Gasteiger partial charge < -0.3 is 5.32 Å². The van der Waals surface area contributed by atoms with Crippen molar-refractivity contribution in [2.24, 2.45) is 0 Å². The lowest BCUT2D eigenvalue weighted by Gasteiger charge is -2.11. The molecule has 2 N–H and O–H groups in total. The van der Waals surface area contributed by atoms with Crippen LogP contribution in [-0.2, 0) is 4.84 Å². The van der Waals surface area contributed by atoms with Gasteiger partial charge in [-0.2, -0.15) is 0 Å². The van der Waals surface area contributed by atoms with Crippen LogP contribution in [0.3, 0.4) is 0 Å². The molecule has 0 aromatic carbocycles. The lowest BCUT2D eigenvalue weighted by atomic mass is 10.2. The number of hydroxylamine groups is 1. The Morgan fingerprint density at radius 3 is 2.73 bits per heavy atom. The first-order chi connectivity index (χ1) is 5.33. The van der Waals surface area contributed by atoms with Crippen molar-refractivity contribution in [1.29, 1.82) is 0 Å². The first-order valence-electron chi connectivity index (χ1n) is 3.57. The van der Waals surface area contributed by atoms with Crippen LogP contribution in [-0.4, -0.2) is 19.2 Å². The van der Waals surface area contributed by atoms with E-state index in [9.17, 15) is 4.79 Å².